The number of likely N-dealkylation sites (tertiary alicyclic amines) is 1. The zero-order valence-electron chi connectivity index (χ0n) is 24.6. The molecule has 0 N–H and O–H groups in total. The zero-order valence-corrected chi connectivity index (χ0v) is 24.6. The highest BCUT2D eigenvalue weighted by Crippen LogP contribution is 2.62. The lowest BCUT2D eigenvalue weighted by Gasteiger charge is -2.56. The van der Waals surface area contributed by atoms with Crippen LogP contribution in [-0.4, -0.2) is 61.3 Å². The normalized spacial score (nSPS) is 26.9. The number of carbonyl (C=O) groups is 3. The highest BCUT2D eigenvalue weighted by molar-refractivity contribution is 5.73. The molecule has 1 fully saturated rings. The molecule has 0 amide bonds. The van der Waals surface area contributed by atoms with Gasteiger partial charge in [-0.15, -0.1) is 0 Å². The molecule has 4 aliphatic rings. The van der Waals surface area contributed by atoms with E-state index in [1.807, 2.05) is 12.1 Å². The number of rotatable bonds is 6. The standard InChI is InChI=1S/C21H23NO5.C6H14.C4H8O2/c1-11(23)25-16-6-4-13-10-15-14-5-7-17(26-12(2)24)20-21(14,8-9-22(15)3)18(13)19(16)27-20;1-3-5-6-4-2;1-3-6-4(2)5/h4-7,14-15,17,20H,8-10H2,1-3H3;3-6H2,1-2H3;3H2,1-2H3/t14-,15+,17-,20-,21-;;/m0../s1. The van der Waals surface area contributed by atoms with E-state index in [2.05, 4.69) is 42.7 Å². The van der Waals surface area contributed by atoms with Gasteiger partial charge in [0.15, 0.2) is 17.6 Å². The minimum atomic E-state index is -0.439. The Morgan fingerprint density at radius 3 is 2.23 bits per heavy atom. The van der Waals surface area contributed by atoms with Gasteiger partial charge < -0.3 is 23.8 Å². The van der Waals surface area contributed by atoms with E-state index >= 15 is 0 Å². The van der Waals surface area contributed by atoms with E-state index in [4.69, 9.17) is 14.2 Å². The molecular weight excluding hydrogens is 498 g/mol. The van der Waals surface area contributed by atoms with Crippen molar-refractivity contribution in [3.8, 4) is 11.5 Å². The van der Waals surface area contributed by atoms with Crippen LogP contribution in [0.2, 0.25) is 0 Å². The van der Waals surface area contributed by atoms with E-state index in [-0.39, 0.29) is 35.3 Å². The zero-order chi connectivity index (χ0) is 28.7. The van der Waals surface area contributed by atoms with Crippen LogP contribution >= 0.6 is 0 Å². The number of benzene rings is 1. The molecule has 8 nitrogen and oxygen atoms in total. The molecule has 1 aromatic carbocycles. The van der Waals surface area contributed by atoms with Gasteiger partial charge in [0.25, 0.3) is 0 Å². The fraction of sp³-hybridized carbons (Fsp3) is 0.645. The number of likely N-dealkylation sites (N-methyl/N-ethyl adjacent to an activating group) is 1. The van der Waals surface area contributed by atoms with Gasteiger partial charge in [-0.1, -0.05) is 51.7 Å². The third-order valence-corrected chi connectivity index (χ3v) is 7.98. The summed E-state index contributed by atoms with van der Waals surface area (Å²) < 4.78 is 21.9. The van der Waals surface area contributed by atoms with Crippen molar-refractivity contribution in [2.45, 2.75) is 104 Å². The van der Waals surface area contributed by atoms with Gasteiger partial charge in [0.05, 0.1) is 6.61 Å². The van der Waals surface area contributed by atoms with Gasteiger partial charge in [0.1, 0.15) is 6.10 Å². The number of nitrogens with zero attached hydrogens (tertiary/aromatic N) is 1. The van der Waals surface area contributed by atoms with Crippen LogP contribution in [0, 0.1) is 5.92 Å². The molecule has 0 radical (unpaired) electrons. The summed E-state index contributed by atoms with van der Waals surface area (Å²) in [5, 5.41) is 0. The Bertz CT molecular complexity index is 1060. The predicted octanol–water partition coefficient (Wildman–Crippen LogP) is 5.14. The van der Waals surface area contributed by atoms with Crippen LogP contribution in [0.3, 0.4) is 0 Å². The fourth-order valence-corrected chi connectivity index (χ4v) is 6.44. The third-order valence-electron chi connectivity index (χ3n) is 7.98. The largest absolute Gasteiger partial charge is 0.481 e. The van der Waals surface area contributed by atoms with Crippen LogP contribution < -0.4 is 9.47 Å². The number of piperidine rings is 1. The van der Waals surface area contributed by atoms with Crippen LogP contribution in [0.1, 0.15) is 84.8 Å². The second kappa shape index (κ2) is 13.5. The molecule has 2 heterocycles. The number of hydrogen-bond acceptors (Lipinski definition) is 8. The molecule has 0 saturated carbocycles. The second-order valence-corrected chi connectivity index (χ2v) is 10.7. The average Bonchev–Trinajstić information content (AvgIpc) is 3.23. The van der Waals surface area contributed by atoms with Crippen LogP contribution in [0.15, 0.2) is 24.3 Å². The summed E-state index contributed by atoms with van der Waals surface area (Å²) in [6.45, 7) is 11.9. The number of esters is 3. The Morgan fingerprint density at radius 2 is 1.69 bits per heavy atom. The first kappa shape index (κ1) is 30.7. The SMILES string of the molecule is CC(=O)Oc1ccc2c3c1O[C@H]1[C@@H](OC(C)=O)C=C[C@H]4[C@@H](C2)N(C)CC[C@@]341.CCCCCC.CCOC(C)=O. The van der Waals surface area contributed by atoms with E-state index in [0.29, 0.717) is 24.1 Å². The molecule has 39 heavy (non-hydrogen) atoms. The highest BCUT2D eigenvalue weighted by atomic mass is 16.6. The summed E-state index contributed by atoms with van der Waals surface area (Å²) in [6, 6.07) is 4.28. The van der Waals surface area contributed by atoms with E-state index in [1.165, 1.54) is 52.0 Å². The van der Waals surface area contributed by atoms with Crippen molar-refractivity contribution < 1.29 is 33.3 Å². The molecule has 5 rings (SSSR count). The summed E-state index contributed by atoms with van der Waals surface area (Å²) in [5.74, 6) is 0.501. The molecule has 1 aromatic rings. The molecule has 2 aliphatic carbocycles. The van der Waals surface area contributed by atoms with E-state index in [0.717, 1.165) is 24.9 Å². The lowest BCUT2D eigenvalue weighted by atomic mass is 9.53. The van der Waals surface area contributed by atoms with Crippen LogP contribution in [-0.2, 0) is 35.7 Å². The first-order valence-corrected chi connectivity index (χ1v) is 14.3. The van der Waals surface area contributed by atoms with E-state index < -0.39 is 6.10 Å². The maximum atomic E-state index is 11.7. The second-order valence-electron chi connectivity index (χ2n) is 10.7. The Labute approximate surface area is 233 Å². The van der Waals surface area contributed by atoms with Crippen LogP contribution in [0.5, 0.6) is 11.5 Å². The summed E-state index contributed by atoms with van der Waals surface area (Å²) in [5.41, 5.74) is 2.15. The number of carbonyl (C=O) groups excluding carboxylic acids is 3. The Hall–Kier alpha value is -2.87. The summed E-state index contributed by atoms with van der Waals surface area (Å²) in [6.07, 6.45) is 10.8. The molecule has 1 spiro atoms. The van der Waals surface area contributed by atoms with Crippen molar-refractivity contribution in [3.05, 3.63) is 35.4 Å². The smallest absolute Gasteiger partial charge is 0.308 e. The lowest BCUT2D eigenvalue weighted by Crippen LogP contribution is -2.65. The Kier molecular flexibility index (Phi) is 10.6. The number of unbranched alkanes of at least 4 members (excludes halogenated alkanes) is 3. The van der Waals surface area contributed by atoms with Gasteiger partial charge in [-0.05, 0) is 51.1 Å². The molecular formula is C31H45NO7. The predicted molar refractivity (Wildman–Crippen MR) is 149 cm³/mol. The Balaban J connectivity index is 0.000000296. The van der Waals surface area contributed by atoms with Crippen molar-refractivity contribution in [1.82, 2.24) is 4.90 Å². The average molecular weight is 544 g/mol. The van der Waals surface area contributed by atoms with Gasteiger partial charge in [0, 0.05) is 43.7 Å². The molecule has 2 bridgehead atoms. The quantitative estimate of drug-likeness (QED) is 0.211. The first-order chi connectivity index (χ1) is 18.6. The summed E-state index contributed by atoms with van der Waals surface area (Å²) in [4.78, 5) is 35.5. The van der Waals surface area contributed by atoms with Crippen molar-refractivity contribution in [2.24, 2.45) is 5.92 Å². The van der Waals surface area contributed by atoms with Gasteiger partial charge in [-0.25, -0.2) is 0 Å². The monoisotopic (exact) mass is 543 g/mol. The summed E-state index contributed by atoms with van der Waals surface area (Å²) in [7, 11) is 2.17. The van der Waals surface area contributed by atoms with Crippen LogP contribution in [0.25, 0.3) is 0 Å². The number of hydrogen-bond donors (Lipinski definition) is 0. The van der Waals surface area contributed by atoms with Gasteiger partial charge in [0.2, 0.25) is 0 Å². The molecule has 216 valence electrons. The molecule has 5 atom stereocenters. The molecule has 2 aliphatic heterocycles. The molecule has 1 saturated heterocycles. The molecule has 0 unspecified atom stereocenters. The van der Waals surface area contributed by atoms with Crippen molar-refractivity contribution in [2.75, 3.05) is 20.2 Å². The first-order valence-electron chi connectivity index (χ1n) is 14.3. The van der Waals surface area contributed by atoms with Crippen molar-refractivity contribution in [1.29, 1.82) is 0 Å². The van der Waals surface area contributed by atoms with Gasteiger partial charge in [-0.2, -0.15) is 0 Å². The Morgan fingerprint density at radius 1 is 1.00 bits per heavy atom. The molecule has 0 aromatic heterocycles. The maximum absolute atomic E-state index is 11.7. The topological polar surface area (TPSA) is 91.4 Å². The fourth-order valence-electron chi connectivity index (χ4n) is 6.44. The van der Waals surface area contributed by atoms with Crippen molar-refractivity contribution in [3.63, 3.8) is 0 Å². The summed E-state index contributed by atoms with van der Waals surface area (Å²) >= 11 is 0. The minimum Gasteiger partial charge on any atom is -0.481 e. The van der Waals surface area contributed by atoms with Gasteiger partial charge >= 0.3 is 17.9 Å². The van der Waals surface area contributed by atoms with Crippen LogP contribution in [0.4, 0.5) is 0 Å². The molecule has 8 heteroatoms. The van der Waals surface area contributed by atoms with Gasteiger partial charge in [-0.3, -0.25) is 14.4 Å². The number of ether oxygens (including phenoxy) is 4. The minimum absolute atomic E-state index is 0.211. The van der Waals surface area contributed by atoms with E-state index in [1.54, 1.807) is 6.92 Å². The van der Waals surface area contributed by atoms with Crippen molar-refractivity contribution >= 4 is 17.9 Å². The maximum Gasteiger partial charge on any atom is 0.308 e. The van der Waals surface area contributed by atoms with E-state index in [9.17, 15) is 14.4 Å². The lowest BCUT2D eigenvalue weighted by molar-refractivity contribution is -0.152. The highest BCUT2D eigenvalue weighted by Gasteiger charge is 2.65. The third kappa shape index (κ3) is 6.48.